The molecule has 98 valence electrons. The number of hydrogen-bond donors (Lipinski definition) is 1. The van der Waals surface area contributed by atoms with Crippen LogP contribution >= 0.6 is 0 Å². The van der Waals surface area contributed by atoms with Crippen LogP contribution in [-0.4, -0.2) is 42.7 Å². The van der Waals surface area contributed by atoms with Crippen LogP contribution in [0.3, 0.4) is 0 Å². The van der Waals surface area contributed by atoms with Crippen LogP contribution in [0.1, 0.15) is 33.1 Å². The molecule has 0 aromatic rings. The minimum Gasteiger partial charge on any atom is -0.342 e. The Kier molecular flexibility index (Phi) is 3.71. The van der Waals surface area contributed by atoms with E-state index in [1.54, 1.807) is 0 Å². The van der Waals surface area contributed by atoms with Gasteiger partial charge in [0.05, 0.1) is 6.42 Å². The Balaban J connectivity index is 1.78. The molecule has 0 aromatic carbocycles. The average Bonchev–Trinajstić information content (AvgIpc) is 2.14. The largest absolute Gasteiger partial charge is 0.342 e. The Morgan fingerprint density at radius 2 is 2.00 bits per heavy atom. The van der Waals surface area contributed by atoms with E-state index in [9.17, 15) is 9.18 Å². The fourth-order valence-electron chi connectivity index (χ4n) is 2.57. The van der Waals surface area contributed by atoms with Crippen LogP contribution in [0.2, 0.25) is 0 Å². The van der Waals surface area contributed by atoms with E-state index in [-0.39, 0.29) is 12.3 Å². The predicted octanol–water partition coefficient (Wildman–Crippen LogP) is 1.58. The van der Waals surface area contributed by atoms with E-state index in [0.29, 0.717) is 37.8 Å². The molecule has 2 aliphatic rings. The van der Waals surface area contributed by atoms with Gasteiger partial charge in [0.2, 0.25) is 5.91 Å². The average molecular weight is 242 g/mol. The second-order valence-electron chi connectivity index (χ2n) is 5.88. The lowest BCUT2D eigenvalue weighted by Crippen LogP contribution is -2.53. The summed E-state index contributed by atoms with van der Waals surface area (Å²) in [5, 5.41) is 3.13. The van der Waals surface area contributed by atoms with E-state index < -0.39 is 5.67 Å². The zero-order valence-corrected chi connectivity index (χ0v) is 10.8. The van der Waals surface area contributed by atoms with E-state index >= 15 is 0 Å². The number of halogens is 1. The first-order chi connectivity index (χ1) is 8.00. The minimum absolute atomic E-state index is 0.00583. The van der Waals surface area contributed by atoms with Gasteiger partial charge in [-0.1, -0.05) is 13.8 Å². The first-order valence-corrected chi connectivity index (χ1v) is 6.68. The third-order valence-electron chi connectivity index (χ3n) is 4.17. The molecular weight excluding hydrogens is 219 g/mol. The van der Waals surface area contributed by atoms with Gasteiger partial charge in [-0.05, 0) is 37.8 Å². The lowest BCUT2D eigenvalue weighted by Gasteiger charge is -2.43. The third kappa shape index (κ3) is 2.97. The quantitative estimate of drug-likeness (QED) is 0.815. The summed E-state index contributed by atoms with van der Waals surface area (Å²) >= 11 is 0. The van der Waals surface area contributed by atoms with Crippen molar-refractivity contribution >= 4 is 5.91 Å². The first-order valence-electron chi connectivity index (χ1n) is 6.68. The van der Waals surface area contributed by atoms with Gasteiger partial charge in [0.25, 0.3) is 0 Å². The van der Waals surface area contributed by atoms with Crippen LogP contribution in [0, 0.1) is 11.8 Å². The smallest absolute Gasteiger partial charge is 0.225 e. The van der Waals surface area contributed by atoms with Crippen molar-refractivity contribution in [3.63, 3.8) is 0 Å². The lowest BCUT2D eigenvalue weighted by atomic mass is 9.86. The summed E-state index contributed by atoms with van der Waals surface area (Å²) in [5.41, 5.74) is -1.26. The molecule has 0 atom stereocenters. The molecule has 0 radical (unpaired) electrons. The molecule has 2 heterocycles. The molecule has 17 heavy (non-hydrogen) atoms. The molecule has 2 aliphatic heterocycles. The minimum atomic E-state index is -1.26. The maximum absolute atomic E-state index is 14.3. The van der Waals surface area contributed by atoms with Crippen molar-refractivity contribution in [1.82, 2.24) is 10.2 Å². The summed E-state index contributed by atoms with van der Waals surface area (Å²) in [6.45, 7) is 7.39. The zero-order valence-electron chi connectivity index (χ0n) is 10.8. The summed E-state index contributed by atoms with van der Waals surface area (Å²) in [6.07, 6.45) is 1.03. The number of likely N-dealkylation sites (tertiary alicyclic amines) is 1. The van der Waals surface area contributed by atoms with Gasteiger partial charge in [0.1, 0.15) is 5.67 Å². The highest BCUT2D eigenvalue weighted by Gasteiger charge is 2.39. The molecule has 0 saturated carbocycles. The van der Waals surface area contributed by atoms with Crippen molar-refractivity contribution in [2.75, 3.05) is 26.2 Å². The number of amides is 1. The van der Waals surface area contributed by atoms with Crippen molar-refractivity contribution in [3.8, 4) is 0 Å². The molecule has 1 amide bonds. The highest BCUT2D eigenvalue weighted by molar-refractivity contribution is 5.78. The SMILES string of the molecule is CC(C)C1CN(C(=O)CC2(F)CCNCC2)C1. The van der Waals surface area contributed by atoms with Crippen LogP contribution < -0.4 is 5.32 Å². The fourth-order valence-corrected chi connectivity index (χ4v) is 2.57. The summed E-state index contributed by atoms with van der Waals surface area (Å²) in [4.78, 5) is 13.7. The van der Waals surface area contributed by atoms with E-state index in [1.165, 1.54) is 0 Å². The molecule has 4 heteroatoms. The molecule has 2 saturated heterocycles. The molecule has 0 unspecified atom stereocenters. The van der Waals surface area contributed by atoms with Crippen molar-refractivity contribution in [3.05, 3.63) is 0 Å². The lowest BCUT2D eigenvalue weighted by molar-refractivity contribution is -0.142. The third-order valence-corrected chi connectivity index (χ3v) is 4.17. The van der Waals surface area contributed by atoms with Gasteiger partial charge in [-0.25, -0.2) is 4.39 Å². The van der Waals surface area contributed by atoms with Crippen LogP contribution in [-0.2, 0) is 4.79 Å². The van der Waals surface area contributed by atoms with Crippen LogP contribution in [0.15, 0.2) is 0 Å². The Bertz CT molecular complexity index is 281. The van der Waals surface area contributed by atoms with E-state index in [1.807, 2.05) is 4.90 Å². The second-order valence-corrected chi connectivity index (χ2v) is 5.88. The van der Waals surface area contributed by atoms with Crippen molar-refractivity contribution < 1.29 is 9.18 Å². The van der Waals surface area contributed by atoms with Crippen LogP contribution in [0.4, 0.5) is 4.39 Å². The van der Waals surface area contributed by atoms with Crippen LogP contribution in [0.5, 0.6) is 0 Å². The molecular formula is C13H23FN2O. The zero-order chi connectivity index (χ0) is 12.5. The molecule has 1 N–H and O–H groups in total. The Morgan fingerprint density at radius 1 is 1.41 bits per heavy atom. The fraction of sp³-hybridized carbons (Fsp3) is 0.923. The monoisotopic (exact) mass is 242 g/mol. The maximum Gasteiger partial charge on any atom is 0.225 e. The predicted molar refractivity (Wildman–Crippen MR) is 65.5 cm³/mol. The summed E-state index contributed by atoms with van der Waals surface area (Å²) in [7, 11) is 0. The second kappa shape index (κ2) is 4.92. The van der Waals surface area contributed by atoms with Gasteiger partial charge in [-0.3, -0.25) is 4.79 Å². The van der Waals surface area contributed by atoms with E-state index in [2.05, 4.69) is 19.2 Å². The number of nitrogens with one attached hydrogen (secondary N) is 1. The van der Waals surface area contributed by atoms with Crippen LogP contribution in [0.25, 0.3) is 0 Å². The summed E-state index contributed by atoms with van der Waals surface area (Å²) < 4.78 is 14.3. The first kappa shape index (κ1) is 12.8. The molecule has 3 nitrogen and oxygen atoms in total. The van der Waals surface area contributed by atoms with E-state index in [4.69, 9.17) is 0 Å². The summed E-state index contributed by atoms with van der Waals surface area (Å²) in [6, 6.07) is 0. The molecule has 0 aliphatic carbocycles. The summed E-state index contributed by atoms with van der Waals surface area (Å²) in [5.74, 6) is 1.24. The van der Waals surface area contributed by atoms with Gasteiger partial charge in [0, 0.05) is 13.1 Å². The van der Waals surface area contributed by atoms with Crippen molar-refractivity contribution in [2.45, 2.75) is 38.8 Å². The van der Waals surface area contributed by atoms with Gasteiger partial charge in [-0.15, -0.1) is 0 Å². The van der Waals surface area contributed by atoms with Gasteiger partial charge >= 0.3 is 0 Å². The maximum atomic E-state index is 14.3. The van der Waals surface area contributed by atoms with E-state index in [0.717, 1.165) is 13.1 Å². The van der Waals surface area contributed by atoms with Gasteiger partial charge in [-0.2, -0.15) is 0 Å². The highest BCUT2D eigenvalue weighted by Crippen LogP contribution is 2.30. The standard InChI is InChI=1S/C13H23FN2O/c1-10(2)11-8-16(9-11)12(17)7-13(14)3-5-15-6-4-13/h10-11,15H,3-9H2,1-2H3. The molecule has 0 aromatic heterocycles. The van der Waals surface area contributed by atoms with Crippen molar-refractivity contribution in [1.29, 1.82) is 0 Å². The Morgan fingerprint density at radius 3 is 2.53 bits per heavy atom. The number of hydrogen-bond acceptors (Lipinski definition) is 2. The Labute approximate surface area is 103 Å². The van der Waals surface area contributed by atoms with Gasteiger partial charge < -0.3 is 10.2 Å². The molecule has 2 fully saturated rings. The number of rotatable bonds is 3. The van der Waals surface area contributed by atoms with Crippen molar-refractivity contribution in [2.24, 2.45) is 11.8 Å². The highest BCUT2D eigenvalue weighted by atomic mass is 19.1. The number of piperidine rings is 1. The number of alkyl halides is 1. The molecule has 2 rings (SSSR count). The number of carbonyl (C=O) groups excluding carboxylic acids is 1. The number of carbonyl (C=O) groups is 1. The Hall–Kier alpha value is -0.640. The topological polar surface area (TPSA) is 32.3 Å². The molecule has 0 spiro atoms. The normalized spacial score (nSPS) is 24.8. The molecule has 0 bridgehead atoms. The number of nitrogens with zero attached hydrogens (tertiary/aromatic N) is 1. The van der Waals surface area contributed by atoms with Gasteiger partial charge in [0.15, 0.2) is 0 Å².